The van der Waals surface area contributed by atoms with Crippen molar-refractivity contribution in [3.8, 4) is 11.4 Å². The molecule has 2 rings (SSSR count). The zero-order chi connectivity index (χ0) is 15.6. The van der Waals surface area contributed by atoms with E-state index in [4.69, 9.17) is 9.63 Å². The van der Waals surface area contributed by atoms with Crippen LogP contribution in [0, 0.1) is 12.7 Å². The Morgan fingerprint density at radius 1 is 1.43 bits per heavy atom. The fraction of sp³-hybridized carbons (Fsp3) is 0.231. The summed E-state index contributed by atoms with van der Waals surface area (Å²) < 4.78 is 18.4. The zero-order valence-corrected chi connectivity index (χ0v) is 11.3. The third-order valence-electron chi connectivity index (χ3n) is 2.78. The van der Waals surface area contributed by atoms with Crippen molar-refractivity contribution in [2.75, 3.05) is 0 Å². The molecular formula is C13H12FN3O4. The van der Waals surface area contributed by atoms with E-state index in [-0.39, 0.29) is 11.7 Å². The van der Waals surface area contributed by atoms with Gasteiger partial charge in [0.2, 0.25) is 11.7 Å². The van der Waals surface area contributed by atoms with Gasteiger partial charge in [-0.1, -0.05) is 17.3 Å². The average Bonchev–Trinajstić information content (AvgIpc) is 2.91. The summed E-state index contributed by atoms with van der Waals surface area (Å²) in [5.41, 5.74) is 0.911. The number of carbonyl (C=O) groups is 2. The highest BCUT2D eigenvalue weighted by Crippen LogP contribution is 2.20. The Morgan fingerprint density at radius 3 is 2.76 bits per heavy atom. The summed E-state index contributed by atoms with van der Waals surface area (Å²) in [6, 6.07) is 3.71. The lowest BCUT2D eigenvalue weighted by Gasteiger charge is -2.06. The fourth-order valence-electron chi connectivity index (χ4n) is 1.58. The van der Waals surface area contributed by atoms with Crippen LogP contribution in [0.5, 0.6) is 0 Å². The number of carbonyl (C=O) groups excluding carboxylic acids is 1. The molecule has 0 spiro atoms. The van der Waals surface area contributed by atoms with E-state index in [1.165, 1.54) is 13.0 Å². The molecule has 0 unspecified atom stereocenters. The van der Waals surface area contributed by atoms with Crippen LogP contribution in [0.3, 0.4) is 0 Å². The van der Waals surface area contributed by atoms with E-state index < -0.39 is 23.7 Å². The van der Waals surface area contributed by atoms with Crippen molar-refractivity contribution >= 4 is 11.9 Å². The maximum Gasteiger partial charge on any atom is 0.394 e. The number of halogens is 1. The second kappa shape index (κ2) is 5.70. The Balaban J connectivity index is 2.19. The van der Waals surface area contributed by atoms with Crippen LogP contribution in [0.25, 0.3) is 11.4 Å². The van der Waals surface area contributed by atoms with Crippen molar-refractivity contribution < 1.29 is 23.6 Å². The molecule has 0 bridgehead atoms. The molecule has 1 aromatic carbocycles. The lowest BCUT2D eigenvalue weighted by molar-refractivity contribution is -0.150. The number of amides is 1. The summed E-state index contributed by atoms with van der Waals surface area (Å²) in [6.45, 7) is 3.12. The average molecular weight is 293 g/mol. The molecule has 110 valence electrons. The van der Waals surface area contributed by atoms with Gasteiger partial charge in [-0.2, -0.15) is 4.98 Å². The Kier molecular flexibility index (Phi) is 3.97. The SMILES string of the molecule is Cc1ccc(-c2noc([C@@H](C)NC(=O)C(=O)O)n2)cc1F. The summed E-state index contributed by atoms with van der Waals surface area (Å²) in [4.78, 5) is 25.5. The fourth-order valence-corrected chi connectivity index (χ4v) is 1.58. The number of hydrogen-bond acceptors (Lipinski definition) is 5. The molecule has 7 nitrogen and oxygen atoms in total. The molecule has 0 saturated carbocycles. The number of rotatable bonds is 3. The number of benzene rings is 1. The molecule has 0 radical (unpaired) electrons. The smallest absolute Gasteiger partial charge is 0.394 e. The van der Waals surface area contributed by atoms with Gasteiger partial charge in [0, 0.05) is 5.56 Å². The first-order valence-electron chi connectivity index (χ1n) is 6.02. The van der Waals surface area contributed by atoms with Crippen molar-refractivity contribution in [2.45, 2.75) is 19.9 Å². The van der Waals surface area contributed by atoms with Gasteiger partial charge in [-0.15, -0.1) is 0 Å². The Morgan fingerprint density at radius 2 is 2.14 bits per heavy atom. The molecule has 0 saturated heterocycles. The van der Waals surface area contributed by atoms with Crippen molar-refractivity contribution in [1.82, 2.24) is 15.5 Å². The number of aliphatic carboxylic acids is 1. The van der Waals surface area contributed by atoms with Crippen molar-refractivity contribution in [2.24, 2.45) is 0 Å². The zero-order valence-electron chi connectivity index (χ0n) is 11.3. The van der Waals surface area contributed by atoms with E-state index in [1.807, 2.05) is 0 Å². The molecule has 0 aliphatic carbocycles. The number of carboxylic acid groups (broad SMARTS) is 1. The maximum atomic E-state index is 13.5. The van der Waals surface area contributed by atoms with Crippen molar-refractivity contribution in [3.05, 3.63) is 35.5 Å². The number of nitrogens with one attached hydrogen (secondary N) is 1. The molecule has 2 aromatic rings. The highest BCUT2D eigenvalue weighted by Gasteiger charge is 2.20. The van der Waals surface area contributed by atoms with Gasteiger partial charge in [-0.25, -0.2) is 9.18 Å². The quantitative estimate of drug-likeness (QED) is 0.830. The third kappa shape index (κ3) is 3.22. The largest absolute Gasteiger partial charge is 0.474 e. The number of nitrogens with zero attached hydrogens (tertiary/aromatic N) is 2. The van der Waals surface area contributed by atoms with E-state index in [0.717, 1.165) is 0 Å². The standard InChI is InChI=1S/C13H12FN3O4/c1-6-3-4-8(5-9(6)14)10-16-12(21-17-10)7(2)15-11(18)13(19)20/h3-5,7H,1-2H3,(H,15,18)(H,19,20)/t7-/m1/s1. The summed E-state index contributed by atoms with van der Waals surface area (Å²) >= 11 is 0. The van der Waals surface area contributed by atoms with E-state index in [9.17, 15) is 14.0 Å². The van der Waals surface area contributed by atoms with Gasteiger partial charge >= 0.3 is 11.9 Å². The van der Waals surface area contributed by atoms with Gasteiger partial charge in [-0.3, -0.25) is 4.79 Å². The summed E-state index contributed by atoms with van der Waals surface area (Å²) in [5.74, 6) is -3.00. The molecule has 8 heteroatoms. The van der Waals surface area contributed by atoms with Gasteiger partial charge in [0.15, 0.2) is 0 Å². The van der Waals surface area contributed by atoms with Gasteiger partial charge in [0.25, 0.3) is 0 Å². The molecule has 1 atom stereocenters. The first-order valence-corrected chi connectivity index (χ1v) is 6.02. The van der Waals surface area contributed by atoms with Crippen LogP contribution in [0.1, 0.15) is 24.4 Å². The minimum atomic E-state index is -1.61. The predicted molar refractivity (Wildman–Crippen MR) is 68.6 cm³/mol. The lowest BCUT2D eigenvalue weighted by Crippen LogP contribution is -2.32. The molecule has 1 amide bonds. The van der Waals surface area contributed by atoms with Crippen LogP contribution < -0.4 is 5.32 Å². The highest BCUT2D eigenvalue weighted by molar-refractivity contribution is 6.31. The minimum absolute atomic E-state index is 0.0283. The summed E-state index contributed by atoms with van der Waals surface area (Å²) in [6.07, 6.45) is 0. The number of aryl methyl sites for hydroxylation is 1. The maximum absolute atomic E-state index is 13.5. The lowest BCUT2D eigenvalue weighted by atomic mass is 10.1. The molecular weight excluding hydrogens is 281 g/mol. The molecule has 1 heterocycles. The number of hydrogen-bond donors (Lipinski definition) is 2. The second-order valence-electron chi connectivity index (χ2n) is 4.42. The normalized spacial score (nSPS) is 12.0. The topological polar surface area (TPSA) is 105 Å². The summed E-state index contributed by atoms with van der Waals surface area (Å²) in [7, 11) is 0. The Hall–Kier alpha value is -2.77. The van der Waals surface area contributed by atoms with E-state index in [1.54, 1.807) is 19.1 Å². The molecule has 2 N–H and O–H groups in total. The molecule has 21 heavy (non-hydrogen) atoms. The summed E-state index contributed by atoms with van der Waals surface area (Å²) in [5, 5.41) is 14.3. The highest BCUT2D eigenvalue weighted by atomic mass is 19.1. The molecule has 0 fully saturated rings. The van der Waals surface area contributed by atoms with Gasteiger partial charge in [0.1, 0.15) is 11.9 Å². The van der Waals surface area contributed by atoms with E-state index in [2.05, 4.69) is 15.5 Å². The van der Waals surface area contributed by atoms with Crippen LogP contribution >= 0.6 is 0 Å². The van der Waals surface area contributed by atoms with E-state index >= 15 is 0 Å². The van der Waals surface area contributed by atoms with Crippen LogP contribution in [-0.4, -0.2) is 27.1 Å². The first-order chi connectivity index (χ1) is 9.88. The Labute approximate surface area is 118 Å². The number of carboxylic acids is 1. The van der Waals surface area contributed by atoms with Gasteiger partial charge in [-0.05, 0) is 25.5 Å². The van der Waals surface area contributed by atoms with Crippen LogP contribution in [0.15, 0.2) is 22.7 Å². The van der Waals surface area contributed by atoms with Crippen LogP contribution in [0.4, 0.5) is 4.39 Å². The Bertz CT molecular complexity index is 698. The van der Waals surface area contributed by atoms with Crippen molar-refractivity contribution in [3.63, 3.8) is 0 Å². The predicted octanol–water partition coefficient (Wildman–Crippen LogP) is 1.45. The number of aromatic nitrogens is 2. The van der Waals surface area contributed by atoms with Gasteiger partial charge in [0.05, 0.1) is 0 Å². The van der Waals surface area contributed by atoms with Crippen molar-refractivity contribution in [1.29, 1.82) is 0 Å². The van der Waals surface area contributed by atoms with E-state index in [0.29, 0.717) is 11.1 Å². The third-order valence-corrected chi connectivity index (χ3v) is 2.78. The second-order valence-corrected chi connectivity index (χ2v) is 4.42. The van der Waals surface area contributed by atoms with Gasteiger partial charge < -0.3 is 14.9 Å². The molecule has 0 aliphatic rings. The van der Waals surface area contributed by atoms with Crippen LogP contribution in [0.2, 0.25) is 0 Å². The molecule has 1 aromatic heterocycles. The first kappa shape index (κ1) is 14.6. The minimum Gasteiger partial charge on any atom is -0.474 e. The molecule has 0 aliphatic heterocycles. The van der Waals surface area contributed by atoms with Crippen LogP contribution in [-0.2, 0) is 9.59 Å². The monoisotopic (exact) mass is 293 g/mol.